The largest absolute Gasteiger partial charge is 0.330 e. The number of hydrogen-bond acceptors (Lipinski definition) is 3. The Labute approximate surface area is 120 Å². The maximum atomic E-state index is 11.9. The molecule has 3 N–H and O–H groups in total. The predicted molar refractivity (Wildman–Crippen MR) is 81.8 cm³/mol. The van der Waals surface area contributed by atoms with Crippen molar-refractivity contribution in [3.63, 3.8) is 0 Å². The quantitative estimate of drug-likeness (QED) is 0.752. The summed E-state index contributed by atoms with van der Waals surface area (Å²) in [7, 11) is 0. The van der Waals surface area contributed by atoms with Crippen molar-refractivity contribution in [2.45, 2.75) is 40.0 Å². The zero-order chi connectivity index (χ0) is 15.2. The van der Waals surface area contributed by atoms with Crippen LogP contribution in [0.15, 0.2) is 24.3 Å². The average molecular weight is 276 g/mol. The molecule has 0 saturated heterocycles. The number of Topliss-reactive ketones (excluding diaryl/α,β-unsaturated/α-hetero) is 1. The third-order valence-electron chi connectivity index (χ3n) is 3.40. The zero-order valence-corrected chi connectivity index (χ0v) is 12.5. The van der Waals surface area contributed by atoms with E-state index >= 15 is 0 Å². The van der Waals surface area contributed by atoms with E-state index in [9.17, 15) is 9.59 Å². The van der Waals surface area contributed by atoms with E-state index in [0.717, 1.165) is 12.8 Å². The van der Waals surface area contributed by atoms with E-state index in [0.29, 0.717) is 24.2 Å². The fraction of sp³-hybridized carbons (Fsp3) is 0.500. The molecule has 4 heteroatoms. The van der Waals surface area contributed by atoms with Gasteiger partial charge >= 0.3 is 0 Å². The number of carbonyl (C=O) groups is 2. The molecule has 1 aromatic carbocycles. The van der Waals surface area contributed by atoms with Gasteiger partial charge in [0.05, 0.1) is 0 Å². The lowest BCUT2D eigenvalue weighted by molar-refractivity contribution is -0.116. The summed E-state index contributed by atoms with van der Waals surface area (Å²) >= 11 is 0. The number of benzene rings is 1. The summed E-state index contributed by atoms with van der Waals surface area (Å²) in [5.41, 5.74) is 6.90. The molecule has 0 aliphatic carbocycles. The first-order valence-corrected chi connectivity index (χ1v) is 6.95. The fourth-order valence-corrected chi connectivity index (χ4v) is 2.01. The maximum Gasteiger partial charge on any atom is 0.224 e. The maximum absolute atomic E-state index is 11.9. The average Bonchev–Trinajstić information content (AvgIpc) is 2.37. The van der Waals surface area contributed by atoms with Gasteiger partial charge in [0, 0.05) is 17.7 Å². The van der Waals surface area contributed by atoms with Gasteiger partial charge in [-0.2, -0.15) is 0 Å². The molecule has 0 aliphatic rings. The number of rotatable bonds is 7. The van der Waals surface area contributed by atoms with Crippen LogP contribution in [0.4, 0.5) is 5.69 Å². The van der Waals surface area contributed by atoms with Crippen molar-refractivity contribution in [3.05, 3.63) is 29.8 Å². The van der Waals surface area contributed by atoms with Gasteiger partial charge in [0.25, 0.3) is 0 Å². The first-order chi connectivity index (χ1) is 9.34. The highest BCUT2D eigenvalue weighted by molar-refractivity contribution is 5.97. The van der Waals surface area contributed by atoms with Crippen LogP contribution >= 0.6 is 0 Å². The molecule has 0 bridgehead atoms. The van der Waals surface area contributed by atoms with Gasteiger partial charge in [0.2, 0.25) is 5.91 Å². The molecule has 0 unspecified atom stereocenters. The Morgan fingerprint density at radius 3 is 2.55 bits per heavy atom. The molecule has 1 rings (SSSR count). The third kappa shape index (κ3) is 5.53. The van der Waals surface area contributed by atoms with E-state index in [1.807, 2.05) is 0 Å². The van der Waals surface area contributed by atoms with E-state index in [2.05, 4.69) is 19.2 Å². The van der Waals surface area contributed by atoms with Crippen LogP contribution in [0.5, 0.6) is 0 Å². The van der Waals surface area contributed by atoms with E-state index in [1.54, 1.807) is 24.3 Å². The topological polar surface area (TPSA) is 72.2 Å². The number of hydrogen-bond donors (Lipinski definition) is 2. The Morgan fingerprint density at radius 1 is 1.25 bits per heavy atom. The molecule has 0 saturated carbocycles. The Kier molecular flexibility index (Phi) is 5.89. The lowest BCUT2D eigenvalue weighted by Crippen LogP contribution is -2.20. The fourth-order valence-electron chi connectivity index (χ4n) is 2.01. The van der Waals surface area contributed by atoms with Gasteiger partial charge in [-0.05, 0) is 43.9 Å². The van der Waals surface area contributed by atoms with Gasteiger partial charge in [-0.1, -0.05) is 26.0 Å². The Bertz CT molecular complexity index is 481. The Morgan fingerprint density at radius 2 is 1.95 bits per heavy atom. The molecular formula is C16H24N2O2. The van der Waals surface area contributed by atoms with Crippen molar-refractivity contribution in [2.75, 3.05) is 11.9 Å². The van der Waals surface area contributed by atoms with Gasteiger partial charge in [-0.3, -0.25) is 9.59 Å². The lowest BCUT2D eigenvalue weighted by Gasteiger charge is -2.23. The molecule has 0 radical (unpaired) electrons. The van der Waals surface area contributed by atoms with Crippen LogP contribution in [0.1, 0.15) is 50.4 Å². The molecule has 0 aliphatic heterocycles. The normalized spacial score (nSPS) is 11.2. The molecule has 0 aromatic heterocycles. The molecule has 4 nitrogen and oxygen atoms in total. The second kappa shape index (κ2) is 7.20. The lowest BCUT2D eigenvalue weighted by atomic mass is 9.84. The second-order valence-corrected chi connectivity index (χ2v) is 5.89. The molecule has 110 valence electrons. The van der Waals surface area contributed by atoms with Crippen molar-refractivity contribution in [1.29, 1.82) is 0 Å². The first-order valence-electron chi connectivity index (χ1n) is 6.95. The molecule has 0 fully saturated rings. The standard InChI is InChI=1S/C16H24N2O2/c1-12(19)13-5-4-6-14(11-13)18-15(20)7-8-16(2,3)9-10-17/h4-6,11H,7-10,17H2,1-3H3,(H,18,20). The van der Waals surface area contributed by atoms with Crippen LogP contribution in [-0.2, 0) is 4.79 Å². The number of anilines is 1. The Balaban J connectivity index is 2.54. The molecule has 0 spiro atoms. The van der Waals surface area contributed by atoms with Gasteiger partial charge in [0.15, 0.2) is 5.78 Å². The second-order valence-electron chi connectivity index (χ2n) is 5.89. The first kappa shape index (κ1) is 16.4. The zero-order valence-electron chi connectivity index (χ0n) is 12.5. The van der Waals surface area contributed by atoms with Crippen molar-refractivity contribution in [2.24, 2.45) is 11.1 Å². The summed E-state index contributed by atoms with van der Waals surface area (Å²) in [6.07, 6.45) is 2.15. The van der Waals surface area contributed by atoms with Gasteiger partial charge in [0.1, 0.15) is 0 Å². The third-order valence-corrected chi connectivity index (χ3v) is 3.40. The molecule has 0 atom stereocenters. The summed E-state index contributed by atoms with van der Waals surface area (Å²) in [6, 6.07) is 6.99. The van der Waals surface area contributed by atoms with Crippen molar-refractivity contribution in [1.82, 2.24) is 0 Å². The minimum atomic E-state index is -0.0317. The minimum absolute atomic E-state index is 0.00909. The summed E-state index contributed by atoms with van der Waals surface area (Å²) in [4.78, 5) is 23.2. The van der Waals surface area contributed by atoms with Crippen LogP contribution in [0.3, 0.4) is 0 Å². The van der Waals surface area contributed by atoms with E-state index in [1.165, 1.54) is 6.92 Å². The highest BCUT2D eigenvalue weighted by Gasteiger charge is 2.18. The summed E-state index contributed by atoms with van der Waals surface area (Å²) in [6.45, 7) is 6.37. The van der Waals surface area contributed by atoms with Crippen LogP contribution in [0.25, 0.3) is 0 Å². The minimum Gasteiger partial charge on any atom is -0.330 e. The van der Waals surface area contributed by atoms with Crippen LogP contribution in [0, 0.1) is 5.41 Å². The number of nitrogens with one attached hydrogen (secondary N) is 1. The highest BCUT2D eigenvalue weighted by Crippen LogP contribution is 2.26. The number of carbonyl (C=O) groups excluding carboxylic acids is 2. The molecule has 1 aromatic rings. The smallest absolute Gasteiger partial charge is 0.224 e. The van der Waals surface area contributed by atoms with Crippen LogP contribution in [-0.4, -0.2) is 18.2 Å². The highest BCUT2D eigenvalue weighted by atomic mass is 16.1. The van der Waals surface area contributed by atoms with Crippen LogP contribution < -0.4 is 11.1 Å². The van der Waals surface area contributed by atoms with Gasteiger partial charge in [-0.25, -0.2) is 0 Å². The monoisotopic (exact) mass is 276 g/mol. The number of nitrogens with two attached hydrogens (primary N) is 1. The molecule has 0 heterocycles. The van der Waals surface area contributed by atoms with Gasteiger partial charge in [-0.15, -0.1) is 0 Å². The summed E-state index contributed by atoms with van der Waals surface area (Å²) < 4.78 is 0. The van der Waals surface area contributed by atoms with Gasteiger partial charge < -0.3 is 11.1 Å². The van der Waals surface area contributed by atoms with E-state index < -0.39 is 0 Å². The molecular weight excluding hydrogens is 252 g/mol. The van der Waals surface area contributed by atoms with Crippen molar-refractivity contribution < 1.29 is 9.59 Å². The van der Waals surface area contributed by atoms with E-state index in [4.69, 9.17) is 5.73 Å². The molecule has 20 heavy (non-hydrogen) atoms. The number of ketones is 1. The SMILES string of the molecule is CC(=O)c1cccc(NC(=O)CCC(C)(C)CCN)c1. The molecule has 1 amide bonds. The Hall–Kier alpha value is -1.68. The van der Waals surface area contributed by atoms with E-state index in [-0.39, 0.29) is 17.1 Å². The number of amides is 1. The van der Waals surface area contributed by atoms with Crippen molar-refractivity contribution in [3.8, 4) is 0 Å². The summed E-state index contributed by atoms with van der Waals surface area (Å²) in [5.74, 6) is -0.0408. The van der Waals surface area contributed by atoms with Crippen molar-refractivity contribution >= 4 is 17.4 Å². The predicted octanol–water partition coefficient (Wildman–Crippen LogP) is 2.98. The van der Waals surface area contributed by atoms with Crippen LogP contribution in [0.2, 0.25) is 0 Å². The summed E-state index contributed by atoms with van der Waals surface area (Å²) in [5, 5.41) is 2.83.